The standard InChI is InChI=1S/C8H15N5O/c1-13-8(10-11-12-13)14-7-4-2-3-6(7)5-9/h6-7H,2-5,9H2,1H3. The Labute approximate surface area is 82.4 Å². The van der Waals surface area contributed by atoms with Crippen molar-refractivity contribution >= 4 is 0 Å². The topological polar surface area (TPSA) is 78.8 Å². The summed E-state index contributed by atoms with van der Waals surface area (Å²) in [5, 5.41) is 11.0. The van der Waals surface area contributed by atoms with Crippen molar-refractivity contribution in [2.24, 2.45) is 18.7 Å². The molecule has 78 valence electrons. The maximum absolute atomic E-state index is 5.70. The zero-order chi connectivity index (χ0) is 9.97. The normalized spacial score (nSPS) is 26.7. The first-order valence-electron chi connectivity index (χ1n) is 4.90. The molecule has 14 heavy (non-hydrogen) atoms. The van der Waals surface area contributed by atoms with E-state index in [1.807, 2.05) is 0 Å². The molecule has 0 spiro atoms. The van der Waals surface area contributed by atoms with Crippen molar-refractivity contribution in [3.8, 4) is 6.01 Å². The third-order valence-corrected chi connectivity index (χ3v) is 2.73. The summed E-state index contributed by atoms with van der Waals surface area (Å²) in [7, 11) is 1.77. The number of hydrogen-bond donors (Lipinski definition) is 1. The van der Waals surface area contributed by atoms with Crippen molar-refractivity contribution in [3.05, 3.63) is 0 Å². The van der Waals surface area contributed by atoms with E-state index in [0.29, 0.717) is 18.5 Å². The van der Waals surface area contributed by atoms with E-state index >= 15 is 0 Å². The van der Waals surface area contributed by atoms with Gasteiger partial charge in [-0.05, 0) is 36.2 Å². The molecule has 0 radical (unpaired) electrons. The minimum absolute atomic E-state index is 0.185. The average molecular weight is 197 g/mol. The number of aromatic nitrogens is 4. The summed E-state index contributed by atoms with van der Waals surface area (Å²) in [5.74, 6) is 0.451. The van der Waals surface area contributed by atoms with E-state index < -0.39 is 0 Å². The Bertz CT molecular complexity index is 300. The van der Waals surface area contributed by atoms with Crippen LogP contribution in [0.1, 0.15) is 19.3 Å². The summed E-state index contributed by atoms with van der Waals surface area (Å²) in [6.45, 7) is 0.677. The van der Waals surface area contributed by atoms with E-state index in [-0.39, 0.29) is 6.10 Å². The summed E-state index contributed by atoms with van der Waals surface area (Å²) in [6.07, 6.45) is 3.56. The summed E-state index contributed by atoms with van der Waals surface area (Å²) < 4.78 is 7.23. The van der Waals surface area contributed by atoms with Crippen LogP contribution < -0.4 is 10.5 Å². The van der Waals surface area contributed by atoms with E-state index in [0.717, 1.165) is 12.8 Å². The van der Waals surface area contributed by atoms with Crippen LogP contribution in [0.15, 0.2) is 0 Å². The van der Waals surface area contributed by atoms with Crippen molar-refractivity contribution in [2.75, 3.05) is 6.54 Å². The highest BCUT2D eigenvalue weighted by Crippen LogP contribution is 2.27. The van der Waals surface area contributed by atoms with Gasteiger partial charge in [0.25, 0.3) is 0 Å². The van der Waals surface area contributed by atoms with E-state index in [9.17, 15) is 0 Å². The third-order valence-electron chi connectivity index (χ3n) is 2.73. The zero-order valence-corrected chi connectivity index (χ0v) is 8.26. The van der Waals surface area contributed by atoms with Crippen LogP contribution in [0.5, 0.6) is 6.01 Å². The molecule has 1 heterocycles. The average Bonchev–Trinajstić information content (AvgIpc) is 2.77. The van der Waals surface area contributed by atoms with E-state index in [1.165, 1.54) is 11.1 Å². The van der Waals surface area contributed by atoms with Gasteiger partial charge in [-0.25, -0.2) is 0 Å². The van der Waals surface area contributed by atoms with Gasteiger partial charge in [0, 0.05) is 13.0 Å². The monoisotopic (exact) mass is 197 g/mol. The molecular weight excluding hydrogens is 182 g/mol. The van der Waals surface area contributed by atoms with Gasteiger partial charge in [-0.15, -0.1) is 0 Å². The van der Waals surface area contributed by atoms with Gasteiger partial charge < -0.3 is 10.5 Å². The molecule has 2 N–H and O–H groups in total. The first-order chi connectivity index (χ1) is 6.81. The summed E-state index contributed by atoms with van der Waals surface area (Å²) in [5.41, 5.74) is 5.65. The van der Waals surface area contributed by atoms with Crippen LogP contribution in [0.2, 0.25) is 0 Å². The highest BCUT2D eigenvalue weighted by molar-refractivity contribution is 4.91. The van der Waals surface area contributed by atoms with Crippen LogP contribution in [-0.4, -0.2) is 32.9 Å². The molecule has 1 aromatic rings. The van der Waals surface area contributed by atoms with Crippen molar-refractivity contribution in [3.63, 3.8) is 0 Å². The van der Waals surface area contributed by atoms with E-state index in [2.05, 4.69) is 15.5 Å². The smallest absolute Gasteiger partial charge is 0.335 e. The molecule has 0 saturated heterocycles. The second-order valence-corrected chi connectivity index (χ2v) is 3.67. The maximum Gasteiger partial charge on any atom is 0.335 e. The number of tetrazole rings is 1. The number of rotatable bonds is 3. The van der Waals surface area contributed by atoms with Crippen LogP contribution in [0.3, 0.4) is 0 Å². The molecule has 0 aliphatic heterocycles. The Morgan fingerprint density at radius 1 is 1.57 bits per heavy atom. The molecule has 2 unspecified atom stereocenters. The summed E-state index contributed by atoms with van der Waals surface area (Å²) in [6, 6.07) is 0.482. The van der Waals surface area contributed by atoms with Crippen LogP contribution in [0.25, 0.3) is 0 Å². The Kier molecular flexibility index (Phi) is 2.62. The predicted molar refractivity (Wildman–Crippen MR) is 49.6 cm³/mol. The summed E-state index contributed by atoms with van der Waals surface area (Å²) in [4.78, 5) is 0. The molecule has 6 heteroatoms. The lowest BCUT2D eigenvalue weighted by Crippen LogP contribution is -2.28. The van der Waals surface area contributed by atoms with Gasteiger partial charge in [0.1, 0.15) is 6.10 Å². The molecule has 0 amide bonds. The second-order valence-electron chi connectivity index (χ2n) is 3.67. The van der Waals surface area contributed by atoms with Crippen molar-refractivity contribution in [1.82, 2.24) is 20.2 Å². The number of hydrogen-bond acceptors (Lipinski definition) is 5. The quantitative estimate of drug-likeness (QED) is 0.720. The molecule has 1 saturated carbocycles. The van der Waals surface area contributed by atoms with Crippen LogP contribution >= 0.6 is 0 Å². The first-order valence-corrected chi connectivity index (χ1v) is 4.90. The molecule has 1 fully saturated rings. The second kappa shape index (κ2) is 3.91. The minimum atomic E-state index is 0.185. The molecule has 2 rings (SSSR count). The van der Waals surface area contributed by atoms with Crippen molar-refractivity contribution < 1.29 is 4.74 Å². The number of ether oxygens (including phenoxy) is 1. The molecule has 0 bridgehead atoms. The molecule has 0 aromatic carbocycles. The first kappa shape index (κ1) is 9.39. The minimum Gasteiger partial charge on any atom is -0.459 e. The SMILES string of the molecule is Cn1nnnc1OC1CCCC1CN. The zero-order valence-electron chi connectivity index (χ0n) is 8.26. The molecular formula is C8H15N5O. The van der Waals surface area contributed by atoms with Gasteiger partial charge in [-0.2, -0.15) is 4.68 Å². The lowest BCUT2D eigenvalue weighted by Gasteiger charge is -2.17. The fourth-order valence-electron chi connectivity index (χ4n) is 1.88. The largest absolute Gasteiger partial charge is 0.459 e. The van der Waals surface area contributed by atoms with Crippen molar-refractivity contribution in [1.29, 1.82) is 0 Å². The van der Waals surface area contributed by atoms with Gasteiger partial charge in [0.15, 0.2) is 0 Å². The van der Waals surface area contributed by atoms with Gasteiger partial charge >= 0.3 is 6.01 Å². The van der Waals surface area contributed by atoms with Crippen LogP contribution in [-0.2, 0) is 7.05 Å². The lowest BCUT2D eigenvalue weighted by atomic mass is 10.1. The fourth-order valence-corrected chi connectivity index (χ4v) is 1.88. The van der Waals surface area contributed by atoms with Gasteiger partial charge in [-0.3, -0.25) is 0 Å². The maximum atomic E-state index is 5.70. The fraction of sp³-hybridized carbons (Fsp3) is 0.875. The molecule has 1 aromatic heterocycles. The third kappa shape index (κ3) is 1.70. The summed E-state index contributed by atoms with van der Waals surface area (Å²) >= 11 is 0. The Morgan fingerprint density at radius 2 is 2.43 bits per heavy atom. The number of nitrogens with two attached hydrogens (primary N) is 1. The molecule has 2 atom stereocenters. The highest BCUT2D eigenvalue weighted by atomic mass is 16.5. The molecule has 1 aliphatic rings. The van der Waals surface area contributed by atoms with Gasteiger partial charge in [0.2, 0.25) is 0 Å². The van der Waals surface area contributed by atoms with E-state index in [4.69, 9.17) is 10.5 Å². The van der Waals surface area contributed by atoms with Crippen LogP contribution in [0, 0.1) is 5.92 Å². The van der Waals surface area contributed by atoms with Crippen LogP contribution in [0.4, 0.5) is 0 Å². The molecule has 1 aliphatic carbocycles. The van der Waals surface area contributed by atoms with E-state index in [1.54, 1.807) is 7.05 Å². The Morgan fingerprint density at radius 3 is 3.07 bits per heavy atom. The lowest BCUT2D eigenvalue weighted by molar-refractivity contribution is 0.141. The molecule has 6 nitrogen and oxygen atoms in total. The predicted octanol–water partition coefficient (Wildman–Crippen LogP) is -0.284. The Hall–Kier alpha value is -1.17. The van der Waals surface area contributed by atoms with Gasteiger partial charge in [-0.1, -0.05) is 5.10 Å². The Balaban J connectivity index is 2.00. The highest BCUT2D eigenvalue weighted by Gasteiger charge is 2.28. The van der Waals surface area contributed by atoms with Gasteiger partial charge in [0.05, 0.1) is 0 Å². The van der Waals surface area contributed by atoms with Crippen molar-refractivity contribution in [2.45, 2.75) is 25.4 Å². The number of aryl methyl sites for hydroxylation is 1. The number of nitrogens with zero attached hydrogens (tertiary/aromatic N) is 4.